The third kappa shape index (κ3) is 3.06. The molecule has 2 N–H and O–H groups in total. The van der Waals surface area contributed by atoms with Gasteiger partial charge in [0.15, 0.2) is 5.79 Å². The van der Waals surface area contributed by atoms with E-state index in [1.165, 1.54) is 0 Å². The third-order valence-electron chi connectivity index (χ3n) is 3.98. The van der Waals surface area contributed by atoms with E-state index in [4.69, 9.17) is 19.9 Å². The van der Waals surface area contributed by atoms with Gasteiger partial charge in [0, 0.05) is 25.9 Å². The molecule has 1 aromatic rings. The van der Waals surface area contributed by atoms with Crippen molar-refractivity contribution in [3.8, 4) is 5.88 Å². The second-order valence-corrected chi connectivity index (χ2v) is 5.51. The minimum Gasteiger partial charge on any atom is -0.476 e. The molecule has 0 bridgehead atoms. The normalized spacial score (nSPS) is 20.9. The first kappa shape index (κ1) is 14.4. The number of pyridine rings is 1. The first-order valence-corrected chi connectivity index (χ1v) is 7.65. The number of hydrogen-bond acceptors (Lipinski definition) is 6. The standard InChI is InChI=1S/C15H23N3O3/c1-2-9-19-14-12(16)3-4-13(17-14)18-7-5-15(6-8-18)20-10-11-21-15/h3-4H,2,5-11,16H2,1H3. The van der Waals surface area contributed by atoms with Gasteiger partial charge in [-0.2, -0.15) is 4.98 Å². The average molecular weight is 293 g/mol. The summed E-state index contributed by atoms with van der Waals surface area (Å²) in [6.07, 6.45) is 2.67. The van der Waals surface area contributed by atoms with Gasteiger partial charge in [-0.3, -0.25) is 0 Å². The Bertz CT molecular complexity index is 479. The van der Waals surface area contributed by atoms with E-state index in [1.54, 1.807) is 0 Å². The zero-order valence-corrected chi connectivity index (χ0v) is 12.5. The molecule has 0 atom stereocenters. The topological polar surface area (TPSA) is 69.8 Å². The highest BCUT2D eigenvalue weighted by atomic mass is 16.7. The van der Waals surface area contributed by atoms with E-state index in [0.717, 1.165) is 38.2 Å². The summed E-state index contributed by atoms with van der Waals surface area (Å²) in [7, 11) is 0. The maximum atomic E-state index is 5.91. The quantitative estimate of drug-likeness (QED) is 0.913. The molecule has 3 heterocycles. The molecule has 1 aromatic heterocycles. The van der Waals surface area contributed by atoms with Crippen molar-refractivity contribution in [2.75, 3.05) is 43.5 Å². The second-order valence-electron chi connectivity index (χ2n) is 5.51. The van der Waals surface area contributed by atoms with Crippen molar-refractivity contribution in [3.63, 3.8) is 0 Å². The zero-order valence-electron chi connectivity index (χ0n) is 12.5. The van der Waals surface area contributed by atoms with E-state index >= 15 is 0 Å². The lowest BCUT2D eigenvalue weighted by atomic mass is 10.0. The number of nitrogens with two attached hydrogens (primary N) is 1. The van der Waals surface area contributed by atoms with Gasteiger partial charge in [0.2, 0.25) is 5.88 Å². The van der Waals surface area contributed by atoms with Crippen LogP contribution < -0.4 is 15.4 Å². The van der Waals surface area contributed by atoms with Crippen LogP contribution in [0.15, 0.2) is 12.1 Å². The van der Waals surface area contributed by atoms with Crippen LogP contribution >= 0.6 is 0 Å². The number of aromatic nitrogens is 1. The van der Waals surface area contributed by atoms with Crippen LogP contribution in [0.4, 0.5) is 11.5 Å². The van der Waals surface area contributed by atoms with Gasteiger partial charge in [-0.25, -0.2) is 0 Å². The Hall–Kier alpha value is -1.53. The van der Waals surface area contributed by atoms with Gasteiger partial charge in [-0.15, -0.1) is 0 Å². The molecule has 6 heteroatoms. The average Bonchev–Trinajstić information content (AvgIpc) is 2.96. The van der Waals surface area contributed by atoms with E-state index in [0.29, 0.717) is 31.4 Å². The van der Waals surface area contributed by atoms with Crippen molar-refractivity contribution in [2.24, 2.45) is 0 Å². The fraction of sp³-hybridized carbons (Fsp3) is 0.667. The van der Waals surface area contributed by atoms with Crippen molar-refractivity contribution in [1.82, 2.24) is 4.98 Å². The van der Waals surface area contributed by atoms with Crippen molar-refractivity contribution >= 4 is 11.5 Å². The molecule has 0 saturated carbocycles. The number of anilines is 2. The van der Waals surface area contributed by atoms with Crippen molar-refractivity contribution < 1.29 is 14.2 Å². The monoisotopic (exact) mass is 293 g/mol. The molecule has 0 amide bonds. The molecule has 3 rings (SSSR count). The summed E-state index contributed by atoms with van der Waals surface area (Å²) in [5.41, 5.74) is 6.49. The highest BCUT2D eigenvalue weighted by Crippen LogP contribution is 2.33. The molecule has 2 aliphatic heterocycles. The van der Waals surface area contributed by atoms with Gasteiger partial charge in [-0.05, 0) is 18.6 Å². The lowest BCUT2D eigenvalue weighted by Gasteiger charge is -2.38. The van der Waals surface area contributed by atoms with Crippen LogP contribution in [0.3, 0.4) is 0 Å². The predicted octanol–water partition coefficient (Wildman–Crippen LogP) is 1.80. The van der Waals surface area contributed by atoms with E-state index < -0.39 is 0 Å². The number of piperidine rings is 1. The number of rotatable bonds is 4. The van der Waals surface area contributed by atoms with Gasteiger partial charge in [0.25, 0.3) is 0 Å². The Morgan fingerprint density at radius 3 is 2.67 bits per heavy atom. The van der Waals surface area contributed by atoms with Gasteiger partial charge < -0.3 is 24.8 Å². The van der Waals surface area contributed by atoms with Gasteiger partial charge >= 0.3 is 0 Å². The van der Waals surface area contributed by atoms with Crippen LogP contribution in [0, 0.1) is 0 Å². The molecule has 1 spiro atoms. The summed E-state index contributed by atoms with van der Waals surface area (Å²) in [4.78, 5) is 6.78. The Morgan fingerprint density at radius 1 is 1.29 bits per heavy atom. The number of ether oxygens (including phenoxy) is 3. The van der Waals surface area contributed by atoms with Crippen LogP contribution in [-0.2, 0) is 9.47 Å². The van der Waals surface area contributed by atoms with E-state index in [-0.39, 0.29) is 5.79 Å². The first-order valence-electron chi connectivity index (χ1n) is 7.65. The molecule has 6 nitrogen and oxygen atoms in total. The molecular weight excluding hydrogens is 270 g/mol. The molecule has 0 unspecified atom stereocenters. The minimum atomic E-state index is -0.355. The van der Waals surface area contributed by atoms with E-state index in [1.807, 2.05) is 12.1 Å². The fourth-order valence-electron chi connectivity index (χ4n) is 2.79. The molecule has 21 heavy (non-hydrogen) atoms. The summed E-state index contributed by atoms with van der Waals surface area (Å²) in [6.45, 7) is 5.83. The van der Waals surface area contributed by atoms with Gasteiger partial charge in [-0.1, -0.05) is 6.92 Å². The Kier molecular flexibility index (Phi) is 4.17. The van der Waals surface area contributed by atoms with Crippen LogP contribution in [0.1, 0.15) is 26.2 Å². The van der Waals surface area contributed by atoms with E-state index in [2.05, 4.69) is 16.8 Å². The maximum absolute atomic E-state index is 5.91. The molecule has 0 radical (unpaired) electrons. The van der Waals surface area contributed by atoms with E-state index in [9.17, 15) is 0 Å². The van der Waals surface area contributed by atoms with Crippen LogP contribution in [0.5, 0.6) is 5.88 Å². The molecule has 2 aliphatic rings. The third-order valence-corrected chi connectivity index (χ3v) is 3.98. The highest BCUT2D eigenvalue weighted by molar-refractivity contribution is 5.54. The van der Waals surface area contributed by atoms with Crippen molar-refractivity contribution in [1.29, 1.82) is 0 Å². The zero-order chi connectivity index (χ0) is 14.7. The van der Waals surface area contributed by atoms with Gasteiger partial charge in [0.05, 0.1) is 25.5 Å². The Morgan fingerprint density at radius 2 is 2.00 bits per heavy atom. The Balaban J connectivity index is 1.67. The second kappa shape index (κ2) is 6.07. The SMILES string of the molecule is CCCOc1nc(N2CCC3(CC2)OCCO3)ccc1N. The summed E-state index contributed by atoms with van der Waals surface area (Å²) in [5, 5.41) is 0. The molecule has 2 saturated heterocycles. The number of nitrogens with zero attached hydrogens (tertiary/aromatic N) is 2. The maximum Gasteiger partial charge on any atom is 0.239 e. The largest absolute Gasteiger partial charge is 0.476 e. The summed E-state index contributed by atoms with van der Waals surface area (Å²) < 4.78 is 17.1. The first-order chi connectivity index (χ1) is 10.2. The van der Waals surface area contributed by atoms with Gasteiger partial charge in [0.1, 0.15) is 5.82 Å². The number of hydrogen-bond donors (Lipinski definition) is 1. The molecule has 0 aliphatic carbocycles. The summed E-state index contributed by atoms with van der Waals surface area (Å²) in [5.74, 6) is 1.08. The smallest absolute Gasteiger partial charge is 0.239 e. The van der Waals surface area contributed by atoms with Crippen molar-refractivity contribution in [2.45, 2.75) is 32.0 Å². The molecule has 116 valence electrons. The summed E-state index contributed by atoms with van der Waals surface area (Å²) >= 11 is 0. The summed E-state index contributed by atoms with van der Waals surface area (Å²) in [6, 6.07) is 3.81. The van der Waals surface area contributed by atoms with Crippen LogP contribution in [0.2, 0.25) is 0 Å². The van der Waals surface area contributed by atoms with Crippen LogP contribution in [0.25, 0.3) is 0 Å². The molecule has 2 fully saturated rings. The lowest BCUT2D eigenvalue weighted by molar-refractivity contribution is -0.169. The Labute approximate surface area is 125 Å². The minimum absolute atomic E-state index is 0.355. The van der Waals surface area contributed by atoms with Crippen molar-refractivity contribution in [3.05, 3.63) is 12.1 Å². The lowest BCUT2D eigenvalue weighted by Crippen LogP contribution is -2.45. The molecular formula is C15H23N3O3. The number of nitrogen functional groups attached to an aromatic ring is 1. The highest BCUT2D eigenvalue weighted by Gasteiger charge is 2.40. The predicted molar refractivity (Wildman–Crippen MR) is 80.5 cm³/mol. The fourth-order valence-corrected chi connectivity index (χ4v) is 2.79. The molecule has 0 aromatic carbocycles. The van der Waals surface area contributed by atoms with Crippen LogP contribution in [-0.4, -0.2) is 43.7 Å².